The van der Waals surface area contributed by atoms with Gasteiger partial charge in [-0.1, -0.05) is 18.2 Å². The number of benzene rings is 1. The number of rotatable bonds is 5. The van der Waals surface area contributed by atoms with E-state index in [1.54, 1.807) is 16.8 Å². The first-order valence-electron chi connectivity index (χ1n) is 9.51. The predicted molar refractivity (Wildman–Crippen MR) is 107 cm³/mol. The second kappa shape index (κ2) is 6.82. The standard InChI is InChI=1S/C21H19N5O3/c27-11-12-2-1-3-13(6-12)17-9-18(23-16-4-5-16)26-20(24-17)15(10-22-26)7-14-8-19(28)25-21(14)29/h1-3,6-7,9-10,16,23,27H,4-5,8,11H2,(H,25,28,29)/b14-7+. The van der Waals surface area contributed by atoms with E-state index in [2.05, 4.69) is 15.7 Å². The van der Waals surface area contributed by atoms with Crippen molar-refractivity contribution >= 4 is 29.4 Å². The van der Waals surface area contributed by atoms with E-state index in [1.165, 1.54) is 0 Å². The molecule has 0 bridgehead atoms. The van der Waals surface area contributed by atoms with E-state index in [9.17, 15) is 14.7 Å². The van der Waals surface area contributed by atoms with Gasteiger partial charge >= 0.3 is 0 Å². The molecule has 1 saturated carbocycles. The summed E-state index contributed by atoms with van der Waals surface area (Å²) in [5.41, 5.74) is 4.09. The largest absolute Gasteiger partial charge is 0.392 e. The number of fused-ring (bicyclic) bond motifs is 1. The number of carbonyl (C=O) groups is 2. The molecule has 5 rings (SSSR count). The van der Waals surface area contributed by atoms with Gasteiger partial charge < -0.3 is 10.4 Å². The number of aliphatic hydroxyl groups is 1. The monoisotopic (exact) mass is 389 g/mol. The number of imide groups is 1. The number of amides is 2. The zero-order chi connectivity index (χ0) is 20.0. The number of aliphatic hydroxyl groups excluding tert-OH is 1. The van der Waals surface area contributed by atoms with Crippen molar-refractivity contribution in [2.75, 3.05) is 5.32 Å². The van der Waals surface area contributed by atoms with Crippen LogP contribution in [0, 0.1) is 0 Å². The molecule has 2 amide bonds. The summed E-state index contributed by atoms with van der Waals surface area (Å²) >= 11 is 0. The molecular weight excluding hydrogens is 370 g/mol. The topological polar surface area (TPSA) is 109 Å². The van der Waals surface area contributed by atoms with Gasteiger partial charge in [0.1, 0.15) is 5.82 Å². The molecule has 8 heteroatoms. The lowest BCUT2D eigenvalue weighted by Crippen LogP contribution is -2.19. The Morgan fingerprint density at radius 3 is 2.86 bits per heavy atom. The van der Waals surface area contributed by atoms with Crippen LogP contribution in [0.4, 0.5) is 5.82 Å². The van der Waals surface area contributed by atoms with Crippen molar-refractivity contribution in [1.29, 1.82) is 0 Å². The maximum absolute atomic E-state index is 11.9. The van der Waals surface area contributed by atoms with Crippen molar-refractivity contribution in [2.45, 2.75) is 31.9 Å². The molecule has 3 heterocycles. The van der Waals surface area contributed by atoms with Crippen LogP contribution >= 0.6 is 0 Å². The molecule has 0 atom stereocenters. The molecule has 0 radical (unpaired) electrons. The number of nitrogens with one attached hydrogen (secondary N) is 2. The third kappa shape index (κ3) is 3.38. The van der Waals surface area contributed by atoms with Crippen LogP contribution in [0.2, 0.25) is 0 Å². The third-order valence-corrected chi connectivity index (χ3v) is 5.06. The fourth-order valence-corrected chi connectivity index (χ4v) is 3.41. The first-order valence-corrected chi connectivity index (χ1v) is 9.51. The number of carbonyl (C=O) groups excluding carboxylic acids is 2. The Labute approximate surface area is 166 Å². The molecule has 29 heavy (non-hydrogen) atoms. The minimum absolute atomic E-state index is 0.0452. The summed E-state index contributed by atoms with van der Waals surface area (Å²) in [4.78, 5) is 28.2. The molecule has 3 aromatic rings. The highest BCUT2D eigenvalue weighted by molar-refractivity contribution is 6.15. The number of anilines is 1. The minimum Gasteiger partial charge on any atom is -0.392 e. The molecule has 2 fully saturated rings. The molecule has 1 saturated heterocycles. The highest BCUT2D eigenvalue weighted by Gasteiger charge is 2.25. The van der Waals surface area contributed by atoms with Crippen molar-refractivity contribution in [3.63, 3.8) is 0 Å². The van der Waals surface area contributed by atoms with Gasteiger partial charge in [0.25, 0.3) is 5.91 Å². The molecule has 0 spiro atoms. The predicted octanol–water partition coefficient (Wildman–Crippen LogP) is 1.89. The number of hydrogen-bond acceptors (Lipinski definition) is 6. The summed E-state index contributed by atoms with van der Waals surface area (Å²) in [6, 6.07) is 9.94. The summed E-state index contributed by atoms with van der Waals surface area (Å²) in [6.45, 7) is -0.0452. The quantitative estimate of drug-likeness (QED) is 0.454. The first kappa shape index (κ1) is 17.6. The third-order valence-electron chi connectivity index (χ3n) is 5.06. The van der Waals surface area contributed by atoms with Gasteiger partial charge in [-0.3, -0.25) is 14.9 Å². The number of hydrogen-bond donors (Lipinski definition) is 3. The minimum atomic E-state index is -0.377. The Hall–Kier alpha value is -3.52. The van der Waals surface area contributed by atoms with Crippen LogP contribution in [-0.2, 0) is 16.2 Å². The normalized spacial score (nSPS) is 17.9. The van der Waals surface area contributed by atoms with Gasteiger partial charge in [-0.25, -0.2) is 4.98 Å². The summed E-state index contributed by atoms with van der Waals surface area (Å²) < 4.78 is 1.72. The molecule has 1 aromatic carbocycles. The smallest absolute Gasteiger partial charge is 0.254 e. The molecule has 8 nitrogen and oxygen atoms in total. The molecule has 2 aliphatic rings. The molecule has 3 N–H and O–H groups in total. The highest BCUT2D eigenvalue weighted by atomic mass is 16.3. The van der Waals surface area contributed by atoms with E-state index < -0.39 is 0 Å². The van der Waals surface area contributed by atoms with Crippen LogP contribution in [-0.4, -0.2) is 37.6 Å². The Kier molecular flexibility index (Phi) is 4.13. The summed E-state index contributed by atoms with van der Waals surface area (Å²) in [6.07, 6.45) is 5.60. The second-order valence-corrected chi connectivity index (χ2v) is 7.36. The van der Waals surface area contributed by atoms with Gasteiger partial charge in [0.15, 0.2) is 5.65 Å². The zero-order valence-electron chi connectivity index (χ0n) is 15.6. The van der Waals surface area contributed by atoms with Gasteiger partial charge in [-0.15, -0.1) is 0 Å². The Balaban J connectivity index is 1.65. The van der Waals surface area contributed by atoms with Gasteiger partial charge in [0.05, 0.1) is 24.9 Å². The van der Waals surface area contributed by atoms with Crippen molar-refractivity contribution in [3.8, 4) is 11.3 Å². The van der Waals surface area contributed by atoms with Gasteiger partial charge in [-0.2, -0.15) is 9.61 Å². The zero-order valence-corrected chi connectivity index (χ0v) is 15.6. The maximum atomic E-state index is 11.9. The van der Waals surface area contributed by atoms with Gasteiger partial charge in [-0.05, 0) is 30.5 Å². The van der Waals surface area contributed by atoms with E-state index >= 15 is 0 Å². The van der Waals surface area contributed by atoms with E-state index in [0.717, 1.165) is 35.5 Å². The van der Waals surface area contributed by atoms with Crippen LogP contribution < -0.4 is 10.6 Å². The average molecular weight is 389 g/mol. The van der Waals surface area contributed by atoms with Crippen LogP contribution in [0.3, 0.4) is 0 Å². The number of aromatic nitrogens is 3. The maximum Gasteiger partial charge on any atom is 0.254 e. The highest BCUT2D eigenvalue weighted by Crippen LogP contribution is 2.30. The van der Waals surface area contributed by atoms with Crippen molar-refractivity contribution in [3.05, 3.63) is 53.2 Å². The van der Waals surface area contributed by atoms with Crippen molar-refractivity contribution < 1.29 is 14.7 Å². The summed E-state index contributed by atoms with van der Waals surface area (Å²) in [5.74, 6) is 0.138. The first-order chi connectivity index (χ1) is 14.1. The van der Waals surface area contributed by atoms with Crippen molar-refractivity contribution in [1.82, 2.24) is 19.9 Å². The fraction of sp³-hybridized carbons (Fsp3) is 0.238. The Bertz CT molecular complexity index is 1180. The lowest BCUT2D eigenvalue weighted by atomic mass is 10.1. The molecular formula is C21H19N5O3. The lowest BCUT2D eigenvalue weighted by Gasteiger charge is -2.11. The van der Waals surface area contributed by atoms with Crippen molar-refractivity contribution in [2.24, 2.45) is 0 Å². The van der Waals surface area contributed by atoms with Gasteiger partial charge in [0, 0.05) is 28.8 Å². The summed E-state index contributed by atoms with van der Waals surface area (Å²) in [5, 5.41) is 19.7. The average Bonchev–Trinajstić information content (AvgIpc) is 3.36. The lowest BCUT2D eigenvalue weighted by molar-refractivity contribution is -0.124. The SMILES string of the molecule is O=C1C/C(=C\c2cnn3c(NC4CC4)cc(-c4cccc(CO)c4)nc23)C(=O)N1. The molecule has 2 aromatic heterocycles. The fourth-order valence-electron chi connectivity index (χ4n) is 3.41. The number of nitrogens with zero attached hydrogens (tertiary/aromatic N) is 3. The van der Waals surface area contributed by atoms with Crippen LogP contribution in [0.1, 0.15) is 30.4 Å². The molecule has 1 aliphatic heterocycles. The van der Waals surface area contributed by atoms with Crippen LogP contribution in [0.25, 0.3) is 23.0 Å². The van der Waals surface area contributed by atoms with E-state index in [4.69, 9.17) is 4.98 Å². The van der Waals surface area contributed by atoms with Crippen LogP contribution in [0.5, 0.6) is 0 Å². The van der Waals surface area contributed by atoms with E-state index in [1.807, 2.05) is 30.3 Å². The van der Waals surface area contributed by atoms with E-state index in [0.29, 0.717) is 22.8 Å². The van der Waals surface area contributed by atoms with Gasteiger partial charge in [0.2, 0.25) is 5.91 Å². The molecule has 1 aliphatic carbocycles. The molecule has 146 valence electrons. The van der Waals surface area contributed by atoms with Crippen LogP contribution in [0.15, 0.2) is 42.1 Å². The Morgan fingerprint density at radius 1 is 1.28 bits per heavy atom. The van der Waals surface area contributed by atoms with E-state index in [-0.39, 0.29) is 24.8 Å². The Morgan fingerprint density at radius 2 is 2.14 bits per heavy atom. The molecule has 0 unspecified atom stereocenters. The summed E-state index contributed by atoms with van der Waals surface area (Å²) in [7, 11) is 0. The second-order valence-electron chi connectivity index (χ2n) is 7.36.